The lowest BCUT2D eigenvalue weighted by molar-refractivity contribution is 0.834. The molecule has 19 heavy (non-hydrogen) atoms. The molecule has 0 spiro atoms. The lowest BCUT2D eigenvalue weighted by atomic mass is 10.2. The molecule has 0 radical (unpaired) electrons. The van der Waals surface area contributed by atoms with Gasteiger partial charge in [0.25, 0.3) is 0 Å². The highest BCUT2D eigenvalue weighted by atomic mass is 15.3. The summed E-state index contributed by atoms with van der Waals surface area (Å²) < 4.78 is 0. The highest BCUT2D eigenvalue weighted by molar-refractivity contribution is 5.47. The zero-order valence-electron chi connectivity index (χ0n) is 10.9. The van der Waals surface area contributed by atoms with Crippen molar-refractivity contribution in [1.29, 1.82) is 0 Å². The van der Waals surface area contributed by atoms with Crippen LogP contribution >= 0.6 is 0 Å². The molecule has 0 amide bonds. The first kappa shape index (κ1) is 13.2. The van der Waals surface area contributed by atoms with Crippen molar-refractivity contribution < 1.29 is 0 Å². The fourth-order valence-corrected chi connectivity index (χ4v) is 1.69. The van der Waals surface area contributed by atoms with E-state index in [-0.39, 0.29) is 0 Å². The van der Waals surface area contributed by atoms with Crippen molar-refractivity contribution in [3.8, 4) is 0 Å². The number of hydrazine groups is 1. The summed E-state index contributed by atoms with van der Waals surface area (Å²) in [5.74, 6) is 7.59. The van der Waals surface area contributed by atoms with Crippen LogP contribution in [0.3, 0.4) is 0 Å². The molecular weight excluding hydrogens is 240 g/mol. The lowest BCUT2D eigenvalue weighted by Gasteiger charge is -2.09. The minimum absolute atomic E-state index is 0.621. The van der Waals surface area contributed by atoms with Crippen molar-refractivity contribution in [2.75, 3.05) is 10.7 Å². The number of anilines is 2. The van der Waals surface area contributed by atoms with Gasteiger partial charge in [0.05, 0.1) is 0 Å². The Balaban J connectivity index is 2.08. The number of aryl methyl sites for hydroxylation is 1. The fourth-order valence-electron chi connectivity index (χ4n) is 1.69. The van der Waals surface area contributed by atoms with Gasteiger partial charge in [0.2, 0.25) is 0 Å². The fraction of sp³-hybridized carbons (Fsp3) is 0.308. The number of nitrogen functional groups attached to an aromatic ring is 1. The summed E-state index contributed by atoms with van der Waals surface area (Å²) >= 11 is 0. The molecule has 0 saturated heterocycles. The molecule has 0 unspecified atom stereocenters. The molecule has 2 heterocycles. The molecule has 0 aromatic carbocycles. The van der Waals surface area contributed by atoms with Crippen LogP contribution in [0, 0.1) is 0 Å². The van der Waals surface area contributed by atoms with Crippen LogP contribution in [0.1, 0.15) is 24.7 Å². The lowest BCUT2D eigenvalue weighted by Crippen LogP contribution is -2.12. The van der Waals surface area contributed by atoms with E-state index in [4.69, 9.17) is 5.84 Å². The molecule has 6 heteroatoms. The van der Waals surface area contributed by atoms with E-state index in [0.717, 1.165) is 30.0 Å². The van der Waals surface area contributed by atoms with Gasteiger partial charge < -0.3 is 10.7 Å². The van der Waals surface area contributed by atoms with Gasteiger partial charge in [0.1, 0.15) is 17.5 Å². The van der Waals surface area contributed by atoms with E-state index in [1.807, 2.05) is 12.1 Å². The molecule has 0 aliphatic heterocycles. The van der Waals surface area contributed by atoms with Crippen LogP contribution in [0.25, 0.3) is 0 Å². The summed E-state index contributed by atoms with van der Waals surface area (Å²) in [6, 6.07) is 5.72. The number of nitrogens with one attached hydrogen (secondary N) is 2. The molecular formula is C13H18N6. The zero-order chi connectivity index (χ0) is 13.5. The van der Waals surface area contributed by atoms with Crippen molar-refractivity contribution in [3.63, 3.8) is 0 Å². The second-order valence-electron chi connectivity index (χ2n) is 4.16. The number of rotatable bonds is 6. The van der Waals surface area contributed by atoms with E-state index < -0.39 is 0 Å². The average Bonchev–Trinajstić information content (AvgIpc) is 2.46. The van der Waals surface area contributed by atoms with Gasteiger partial charge in [-0.15, -0.1) is 0 Å². The predicted molar refractivity (Wildman–Crippen MR) is 75.4 cm³/mol. The molecule has 100 valence electrons. The van der Waals surface area contributed by atoms with Crippen molar-refractivity contribution in [1.82, 2.24) is 15.0 Å². The number of hydrogen-bond acceptors (Lipinski definition) is 6. The van der Waals surface area contributed by atoms with Gasteiger partial charge in [-0.05, 0) is 24.1 Å². The smallest absolute Gasteiger partial charge is 0.145 e. The Labute approximate surface area is 112 Å². The van der Waals surface area contributed by atoms with E-state index >= 15 is 0 Å². The van der Waals surface area contributed by atoms with Crippen LogP contribution in [-0.2, 0) is 13.0 Å². The van der Waals surface area contributed by atoms with E-state index in [1.54, 1.807) is 18.5 Å². The topological polar surface area (TPSA) is 88.8 Å². The molecule has 0 atom stereocenters. The summed E-state index contributed by atoms with van der Waals surface area (Å²) in [7, 11) is 0. The summed E-state index contributed by atoms with van der Waals surface area (Å²) in [5.41, 5.74) is 3.71. The minimum Gasteiger partial charge on any atom is -0.366 e. The second kappa shape index (κ2) is 6.65. The van der Waals surface area contributed by atoms with Gasteiger partial charge in [0, 0.05) is 31.4 Å². The van der Waals surface area contributed by atoms with Crippen LogP contribution in [0.5, 0.6) is 0 Å². The monoisotopic (exact) mass is 258 g/mol. The SMILES string of the molecule is CCCc1nc(NN)cc(NCc2ccncc2)n1. The summed E-state index contributed by atoms with van der Waals surface area (Å²) in [4.78, 5) is 12.7. The van der Waals surface area contributed by atoms with Gasteiger partial charge in [-0.3, -0.25) is 4.98 Å². The van der Waals surface area contributed by atoms with Crippen molar-refractivity contribution >= 4 is 11.6 Å². The first-order chi connectivity index (χ1) is 9.31. The number of hydrogen-bond donors (Lipinski definition) is 3. The van der Waals surface area contributed by atoms with Crippen LogP contribution in [0.15, 0.2) is 30.6 Å². The Morgan fingerprint density at radius 2 is 1.89 bits per heavy atom. The Hall–Kier alpha value is -2.21. The maximum absolute atomic E-state index is 5.41. The number of nitrogens with zero attached hydrogens (tertiary/aromatic N) is 3. The maximum Gasteiger partial charge on any atom is 0.145 e. The van der Waals surface area contributed by atoms with Gasteiger partial charge >= 0.3 is 0 Å². The van der Waals surface area contributed by atoms with Crippen molar-refractivity contribution in [2.24, 2.45) is 5.84 Å². The highest BCUT2D eigenvalue weighted by Gasteiger charge is 2.03. The van der Waals surface area contributed by atoms with Gasteiger partial charge in [-0.2, -0.15) is 0 Å². The molecule has 0 aliphatic carbocycles. The number of aromatic nitrogens is 3. The second-order valence-corrected chi connectivity index (χ2v) is 4.16. The molecule has 0 saturated carbocycles. The normalized spacial score (nSPS) is 10.2. The number of pyridine rings is 1. The molecule has 0 bridgehead atoms. The molecule has 2 aromatic heterocycles. The first-order valence-corrected chi connectivity index (χ1v) is 6.29. The third-order valence-corrected chi connectivity index (χ3v) is 2.62. The minimum atomic E-state index is 0.621. The maximum atomic E-state index is 5.41. The van der Waals surface area contributed by atoms with Crippen LogP contribution in [0.2, 0.25) is 0 Å². The zero-order valence-corrected chi connectivity index (χ0v) is 10.9. The molecule has 2 rings (SSSR count). The Morgan fingerprint density at radius 3 is 2.58 bits per heavy atom. The molecule has 6 nitrogen and oxygen atoms in total. The third kappa shape index (κ3) is 3.89. The highest BCUT2D eigenvalue weighted by Crippen LogP contribution is 2.12. The quantitative estimate of drug-likeness (QED) is 0.540. The van der Waals surface area contributed by atoms with E-state index in [9.17, 15) is 0 Å². The van der Waals surface area contributed by atoms with Crippen LogP contribution < -0.4 is 16.6 Å². The molecule has 2 aromatic rings. The molecule has 4 N–H and O–H groups in total. The molecule has 0 fully saturated rings. The van der Waals surface area contributed by atoms with E-state index in [1.165, 1.54) is 0 Å². The van der Waals surface area contributed by atoms with Crippen molar-refractivity contribution in [2.45, 2.75) is 26.3 Å². The van der Waals surface area contributed by atoms with Crippen LogP contribution in [-0.4, -0.2) is 15.0 Å². The Bertz CT molecular complexity index is 514. The van der Waals surface area contributed by atoms with Gasteiger partial charge in [-0.1, -0.05) is 6.92 Å². The van der Waals surface area contributed by atoms with E-state index in [2.05, 4.69) is 32.6 Å². The van der Waals surface area contributed by atoms with Gasteiger partial charge in [-0.25, -0.2) is 15.8 Å². The van der Waals surface area contributed by atoms with Crippen molar-refractivity contribution in [3.05, 3.63) is 42.0 Å². The first-order valence-electron chi connectivity index (χ1n) is 6.29. The van der Waals surface area contributed by atoms with Gasteiger partial charge in [0.15, 0.2) is 0 Å². The van der Waals surface area contributed by atoms with Crippen LogP contribution in [0.4, 0.5) is 11.6 Å². The largest absolute Gasteiger partial charge is 0.366 e. The Morgan fingerprint density at radius 1 is 1.16 bits per heavy atom. The predicted octanol–water partition coefficient (Wildman–Crippen LogP) is 1.72. The summed E-state index contributed by atoms with van der Waals surface area (Å²) in [6.07, 6.45) is 5.37. The summed E-state index contributed by atoms with van der Waals surface area (Å²) in [5, 5.41) is 3.26. The third-order valence-electron chi connectivity index (χ3n) is 2.62. The Kier molecular flexibility index (Phi) is 4.63. The molecule has 0 aliphatic rings. The number of nitrogens with two attached hydrogens (primary N) is 1. The van der Waals surface area contributed by atoms with E-state index in [0.29, 0.717) is 12.4 Å². The summed E-state index contributed by atoms with van der Waals surface area (Å²) in [6.45, 7) is 2.78. The average molecular weight is 258 g/mol. The standard InChI is InChI=1S/C13H18N6/c1-2-3-11-17-12(8-13(18-11)19-14)16-9-10-4-6-15-7-5-10/h4-8H,2-3,9,14H2,1H3,(H2,16,17,18,19).